The van der Waals surface area contributed by atoms with E-state index in [4.69, 9.17) is 4.74 Å². The standard InChI is InChI=1S/C19H23N3O5S/c1-16-6-2-4-8-18(16)27-15-14-20-10-12-21(13-11-20)28(25,26)19-9-5-3-7-17(19)22(23)24/h2-9H,10-15H2,1H3/p+1. The van der Waals surface area contributed by atoms with E-state index in [1.54, 1.807) is 0 Å². The van der Waals surface area contributed by atoms with Crippen LogP contribution in [0, 0.1) is 17.0 Å². The topological polar surface area (TPSA) is 94.2 Å². The van der Waals surface area contributed by atoms with Crippen molar-refractivity contribution in [1.82, 2.24) is 4.31 Å². The third-order valence-corrected chi connectivity index (χ3v) is 6.86. The van der Waals surface area contributed by atoms with Gasteiger partial charge in [-0.15, -0.1) is 0 Å². The van der Waals surface area contributed by atoms with Gasteiger partial charge in [0.15, 0.2) is 4.90 Å². The lowest BCUT2D eigenvalue weighted by Crippen LogP contribution is -3.15. The van der Waals surface area contributed by atoms with Crippen LogP contribution in [0.15, 0.2) is 53.4 Å². The number of nitrogens with zero attached hydrogens (tertiary/aromatic N) is 2. The van der Waals surface area contributed by atoms with Gasteiger partial charge in [0.05, 0.1) is 31.1 Å². The van der Waals surface area contributed by atoms with E-state index in [0.717, 1.165) is 17.9 Å². The molecule has 0 radical (unpaired) electrons. The van der Waals surface area contributed by atoms with Gasteiger partial charge in [-0.05, 0) is 24.6 Å². The van der Waals surface area contributed by atoms with Crippen molar-refractivity contribution in [2.45, 2.75) is 11.8 Å². The molecule has 1 N–H and O–H groups in total. The number of rotatable bonds is 7. The summed E-state index contributed by atoms with van der Waals surface area (Å²) in [6, 6.07) is 13.3. The molecular formula is C19H24N3O5S+. The van der Waals surface area contributed by atoms with E-state index in [1.807, 2.05) is 31.2 Å². The number of benzene rings is 2. The van der Waals surface area contributed by atoms with Crippen molar-refractivity contribution in [2.24, 2.45) is 0 Å². The average molecular weight is 406 g/mol. The molecule has 0 unspecified atom stereocenters. The molecule has 0 atom stereocenters. The van der Waals surface area contributed by atoms with Crippen molar-refractivity contribution >= 4 is 15.7 Å². The first-order chi connectivity index (χ1) is 13.4. The Kier molecular flexibility index (Phi) is 6.28. The fourth-order valence-electron chi connectivity index (χ4n) is 3.28. The molecule has 1 heterocycles. The normalized spacial score (nSPS) is 16.0. The lowest BCUT2D eigenvalue weighted by atomic mass is 10.2. The molecule has 1 aliphatic heterocycles. The Morgan fingerprint density at radius 2 is 1.75 bits per heavy atom. The van der Waals surface area contributed by atoms with E-state index >= 15 is 0 Å². The number of hydrogen-bond acceptors (Lipinski definition) is 5. The van der Waals surface area contributed by atoms with E-state index in [1.165, 1.54) is 33.5 Å². The quantitative estimate of drug-likeness (QED) is 0.544. The largest absolute Gasteiger partial charge is 0.487 e. The molecule has 0 aliphatic carbocycles. The molecule has 0 bridgehead atoms. The fraction of sp³-hybridized carbons (Fsp3) is 0.368. The van der Waals surface area contributed by atoms with Crippen LogP contribution in [0.2, 0.25) is 0 Å². The summed E-state index contributed by atoms with van der Waals surface area (Å²) in [4.78, 5) is 11.5. The third kappa shape index (κ3) is 4.49. The van der Waals surface area contributed by atoms with Gasteiger partial charge in [-0.2, -0.15) is 4.31 Å². The first-order valence-corrected chi connectivity index (χ1v) is 10.6. The minimum atomic E-state index is -3.88. The number of sulfonamides is 1. The molecule has 1 aliphatic rings. The van der Waals surface area contributed by atoms with Crippen molar-refractivity contribution in [2.75, 3.05) is 39.3 Å². The number of nitro benzene ring substituents is 1. The van der Waals surface area contributed by atoms with Crippen LogP contribution in [-0.2, 0) is 10.0 Å². The molecule has 9 heteroatoms. The molecule has 1 saturated heterocycles. The van der Waals surface area contributed by atoms with E-state index < -0.39 is 14.9 Å². The van der Waals surface area contributed by atoms with Crippen LogP contribution in [0.25, 0.3) is 0 Å². The molecule has 0 amide bonds. The van der Waals surface area contributed by atoms with Crippen LogP contribution in [0.1, 0.15) is 5.56 Å². The zero-order valence-electron chi connectivity index (χ0n) is 15.7. The lowest BCUT2D eigenvalue weighted by Gasteiger charge is -2.31. The van der Waals surface area contributed by atoms with Crippen LogP contribution in [0.5, 0.6) is 5.75 Å². The van der Waals surface area contributed by atoms with Gasteiger partial charge >= 0.3 is 0 Å². The summed E-state index contributed by atoms with van der Waals surface area (Å²) < 4.78 is 32.8. The van der Waals surface area contributed by atoms with E-state index in [9.17, 15) is 18.5 Å². The van der Waals surface area contributed by atoms with Crippen LogP contribution >= 0.6 is 0 Å². The first kappa shape index (κ1) is 20.2. The van der Waals surface area contributed by atoms with Crippen molar-refractivity contribution in [3.8, 4) is 5.75 Å². The molecule has 2 aromatic rings. The number of hydrogen-bond donors (Lipinski definition) is 1. The van der Waals surface area contributed by atoms with Crippen LogP contribution < -0.4 is 9.64 Å². The molecule has 8 nitrogen and oxygen atoms in total. The zero-order valence-corrected chi connectivity index (χ0v) is 16.5. The van der Waals surface area contributed by atoms with Crippen LogP contribution in [0.3, 0.4) is 0 Å². The highest BCUT2D eigenvalue weighted by atomic mass is 32.2. The summed E-state index contributed by atoms with van der Waals surface area (Å²) in [5.74, 6) is 0.861. The number of nitrogens with one attached hydrogen (secondary N) is 1. The predicted octanol–water partition coefficient (Wildman–Crippen LogP) is 0.871. The Hall–Kier alpha value is -2.49. The average Bonchev–Trinajstić information content (AvgIpc) is 2.70. The third-order valence-electron chi connectivity index (χ3n) is 4.92. The van der Waals surface area contributed by atoms with Crippen LogP contribution in [-0.4, -0.2) is 57.0 Å². The van der Waals surface area contributed by atoms with Crippen molar-refractivity contribution in [3.05, 3.63) is 64.2 Å². The summed E-state index contributed by atoms with van der Waals surface area (Å²) in [7, 11) is -3.88. The van der Waals surface area contributed by atoms with Gasteiger partial charge in [0.25, 0.3) is 5.69 Å². The predicted molar refractivity (Wildman–Crippen MR) is 104 cm³/mol. The number of quaternary nitrogens is 1. The SMILES string of the molecule is Cc1ccccc1OCC[NH+]1CCN(S(=O)(=O)c2ccccc2[N+](=O)[O-])CC1. The van der Waals surface area contributed by atoms with Gasteiger partial charge in [-0.1, -0.05) is 30.3 Å². The lowest BCUT2D eigenvalue weighted by molar-refractivity contribution is -0.903. The molecular weight excluding hydrogens is 382 g/mol. The second kappa shape index (κ2) is 8.68. The number of nitro groups is 1. The van der Waals surface area contributed by atoms with Gasteiger partial charge in [0.2, 0.25) is 10.0 Å². The van der Waals surface area contributed by atoms with Crippen molar-refractivity contribution < 1.29 is 23.0 Å². The molecule has 150 valence electrons. The Bertz CT molecular complexity index is 940. The number of aryl methyl sites for hydroxylation is 1. The second-order valence-electron chi connectivity index (χ2n) is 6.74. The molecule has 0 aromatic heterocycles. The van der Waals surface area contributed by atoms with Crippen molar-refractivity contribution in [3.63, 3.8) is 0 Å². The minimum Gasteiger partial charge on any atom is -0.487 e. The molecule has 2 aromatic carbocycles. The Labute approximate surface area is 164 Å². The molecule has 28 heavy (non-hydrogen) atoms. The van der Waals surface area contributed by atoms with Gasteiger partial charge in [-0.25, -0.2) is 8.42 Å². The van der Waals surface area contributed by atoms with E-state index in [2.05, 4.69) is 0 Å². The number of ether oxygens (including phenoxy) is 1. The van der Waals surface area contributed by atoms with E-state index in [-0.39, 0.29) is 10.6 Å². The Morgan fingerprint density at radius 3 is 2.43 bits per heavy atom. The summed E-state index contributed by atoms with van der Waals surface area (Å²) in [5, 5.41) is 11.2. The van der Waals surface area contributed by atoms with Gasteiger partial charge < -0.3 is 9.64 Å². The summed E-state index contributed by atoms with van der Waals surface area (Å²) in [5.41, 5.74) is 0.696. The smallest absolute Gasteiger partial charge is 0.289 e. The highest BCUT2D eigenvalue weighted by Crippen LogP contribution is 2.26. The maximum Gasteiger partial charge on any atom is 0.289 e. The summed E-state index contributed by atoms with van der Waals surface area (Å²) in [6.07, 6.45) is 0. The summed E-state index contributed by atoms with van der Waals surface area (Å²) in [6.45, 7) is 5.25. The molecule has 1 fully saturated rings. The minimum absolute atomic E-state index is 0.244. The van der Waals surface area contributed by atoms with Gasteiger partial charge in [0, 0.05) is 6.07 Å². The maximum atomic E-state index is 12.8. The fourth-order valence-corrected chi connectivity index (χ4v) is 4.88. The molecule has 0 saturated carbocycles. The zero-order chi connectivity index (χ0) is 20.1. The Morgan fingerprint density at radius 1 is 1.11 bits per heavy atom. The monoisotopic (exact) mass is 406 g/mol. The number of para-hydroxylation sites is 2. The molecule has 3 rings (SSSR count). The summed E-state index contributed by atoms with van der Waals surface area (Å²) >= 11 is 0. The number of piperazine rings is 1. The maximum absolute atomic E-state index is 12.8. The van der Waals surface area contributed by atoms with E-state index in [0.29, 0.717) is 32.8 Å². The van der Waals surface area contributed by atoms with Gasteiger partial charge in [-0.3, -0.25) is 10.1 Å². The van der Waals surface area contributed by atoms with Crippen LogP contribution in [0.4, 0.5) is 5.69 Å². The van der Waals surface area contributed by atoms with Gasteiger partial charge in [0.1, 0.15) is 18.9 Å². The highest BCUT2D eigenvalue weighted by molar-refractivity contribution is 7.89. The highest BCUT2D eigenvalue weighted by Gasteiger charge is 2.34. The Balaban J connectivity index is 1.56. The van der Waals surface area contributed by atoms with Crippen molar-refractivity contribution in [1.29, 1.82) is 0 Å². The second-order valence-corrected chi connectivity index (χ2v) is 8.65. The first-order valence-electron chi connectivity index (χ1n) is 9.15. The molecule has 0 spiro atoms.